The van der Waals surface area contributed by atoms with Gasteiger partial charge in [-0.15, -0.1) is 0 Å². The van der Waals surface area contributed by atoms with E-state index >= 15 is 0 Å². The molecular weight excluding hydrogens is 242 g/mol. The highest BCUT2D eigenvalue weighted by atomic mass is 16.5. The van der Waals surface area contributed by atoms with E-state index in [0.29, 0.717) is 30.3 Å². The molecule has 0 spiro atoms. The van der Waals surface area contributed by atoms with Gasteiger partial charge in [-0.2, -0.15) is 0 Å². The molecule has 19 heavy (non-hydrogen) atoms. The van der Waals surface area contributed by atoms with Gasteiger partial charge in [-0.1, -0.05) is 6.92 Å². The number of amides is 1. The maximum absolute atomic E-state index is 12.2. The summed E-state index contributed by atoms with van der Waals surface area (Å²) in [5, 5.41) is 3.01. The van der Waals surface area contributed by atoms with Gasteiger partial charge in [0.05, 0.1) is 13.2 Å². The van der Waals surface area contributed by atoms with Crippen LogP contribution in [0.1, 0.15) is 44.0 Å². The fourth-order valence-corrected chi connectivity index (χ4v) is 1.77. The van der Waals surface area contributed by atoms with E-state index in [1.54, 1.807) is 18.2 Å². The molecule has 0 fully saturated rings. The molecule has 4 nitrogen and oxygen atoms in total. The SMILES string of the molecule is CCC(C)(C)NC(=O)c1ccc2c(c1)OCCCO2. The molecule has 0 aliphatic carbocycles. The van der Waals surface area contributed by atoms with Crippen LogP contribution in [0.3, 0.4) is 0 Å². The Bertz CT molecular complexity index is 468. The zero-order chi connectivity index (χ0) is 13.9. The van der Waals surface area contributed by atoms with Crippen LogP contribution < -0.4 is 14.8 Å². The summed E-state index contributed by atoms with van der Waals surface area (Å²) >= 11 is 0. The summed E-state index contributed by atoms with van der Waals surface area (Å²) in [5.41, 5.74) is 0.395. The number of hydrogen-bond acceptors (Lipinski definition) is 3. The van der Waals surface area contributed by atoms with Crippen molar-refractivity contribution < 1.29 is 14.3 Å². The molecular formula is C15H21NO3. The molecule has 104 valence electrons. The molecule has 1 N–H and O–H groups in total. The van der Waals surface area contributed by atoms with Crippen LogP contribution in [0.15, 0.2) is 18.2 Å². The van der Waals surface area contributed by atoms with Crippen molar-refractivity contribution >= 4 is 5.91 Å². The normalized spacial score (nSPS) is 14.7. The number of carbonyl (C=O) groups is 1. The molecule has 0 atom stereocenters. The van der Waals surface area contributed by atoms with Gasteiger partial charge in [0.2, 0.25) is 0 Å². The third-order valence-electron chi connectivity index (χ3n) is 3.35. The van der Waals surface area contributed by atoms with E-state index in [1.165, 1.54) is 0 Å². The van der Waals surface area contributed by atoms with E-state index in [2.05, 4.69) is 5.32 Å². The highest BCUT2D eigenvalue weighted by molar-refractivity contribution is 5.95. The Morgan fingerprint density at radius 3 is 2.63 bits per heavy atom. The lowest BCUT2D eigenvalue weighted by Crippen LogP contribution is -2.42. The Morgan fingerprint density at radius 1 is 1.26 bits per heavy atom. The summed E-state index contributed by atoms with van der Waals surface area (Å²) in [6.45, 7) is 7.34. The van der Waals surface area contributed by atoms with Gasteiger partial charge in [0.1, 0.15) is 0 Å². The number of carbonyl (C=O) groups excluding carboxylic acids is 1. The molecule has 0 radical (unpaired) electrons. The van der Waals surface area contributed by atoms with Gasteiger partial charge in [-0.3, -0.25) is 4.79 Å². The minimum atomic E-state index is -0.207. The van der Waals surface area contributed by atoms with Gasteiger partial charge in [0, 0.05) is 17.5 Å². The number of benzene rings is 1. The largest absolute Gasteiger partial charge is 0.490 e. The Kier molecular flexibility index (Phi) is 3.98. The monoisotopic (exact) mass is 263 g/mol. The molecule has 1 aliphatic rings. The third-order valence-corrected chi connectivity index (χ3v) is 3.35. The molecule has 0 aromatic heterocycles. The summed E-state index contributed by atoms with van der Waals surface area (Å²) in [6, 6.07) is 5.32. The van der Waals surface area contributed by atoms with E-state index in [0.717, 1.165) is 12.8 Å². The van der Waals surface area contributed by atoms with Gasteiger partial charge in [-0.25, -0.2) is 0 Å². The van der Waals surface area contributed by atoms with Crippen LogP contribution >= 0.6 is 0 Å². The lowest BCUT2D eigenvalue weighted by atomic mass is 10.0. The van der Waals surface area contributed by atoms with Crippen molar-refractivity contribution in [2.45, 2.75) is 39.2 Å². The number of fused-ring (bicyclic) bond motifs is 1. The highest BCUT2D eigenvalue weighted by Crippen LogP contribution is 2.30. The van der Waals surface area contributed by atoms with E-state index in [-0.39, 0.29) is 11.4 Å². The average molecular weight is 263 g/mol. The van der Waals surface area contributed by atoms with Crippen LogP contribution in [0.4, 0.5) is 0 Å². The molecule has 1 aromatic rings. The van der Waals surface area contributed by atoms with Crippen molar-refractivity contribution in [2.24, 2.45) is 0 Å². The van der Waals surface area contributed by atoms with Gasteiger partial charge in [0.25, 0.3) is 5.91 Å². The first-order valence-electron chi connectivity index (χ1n) is 6.74. The molecule has 1 aromatic carbocycles. The van der Waals surface area contributed by atoms with Gasteiger partial charge in [0.15, 0.2) is 11.5 Å². The Morgan fingerprint density at radius 2 is 1.95 bits per heavy atom. The van der Waals surface area contributed by atoms with E-state index < -0.39 is 0 Å². The highest BCUT2D eigenvalue weighted by Gasteiger charge is 2.20. The fraction of sp³-hybridized carbons (Fsp3) is 0.533. The predicted octanol–water partition coefficient (Wildman–Crippen LogP) is 2.77. The fourth-order valence-electron chi connectivity index (χ4n) is 1.77. The second-order valence-corrected chi connectivity index (χ2v) is 5.40. The Balaban J connectivity index is 2.17. The molecule has 1 aliphatic heterocycles. The smallest absolute Gasteiger partial charge is 0.251 e. The number of nitrogens with one attached hydrogen (secondary N) is 1. The summed E-state index contributed by atoms with van der Waals surface area (Å²) < 4.78 is 11.1. The van der Waals surface area contributed by atoms with Crippen LogP contribution in [0.25, 0.3) is 0 Å². The van der Waals surface area contributed by atoms with Crippen molar-refractivity contribution in [2.75, 3.05) is 13.2 Å². The summed E-state index contributed by atoms with van der Waals surface area (Å²) in [7, 11) is 0. The van der Waals surface area contributed by atoms with Crippen molar-refractivity contribution in [3.8, 4) is 11.5 Å². The molecule has 0 bridgehead atoms. The quantitative estimate of drug-likeness (QED) is 0.912. The van der Waals surface area contributed by atoms with Crippen LogP contribution in [0, 0.1) is 0 Å². The first-order valence-corrected chi connectivity index (χ1v) is 6.74. The van der Waals surface area contributed by atoms with E-state index in [9.17, 15) is 4.79 Å². The summed E-state index contributed by atoms with van der Waals surface area (Å²) in [6.07, 6.45) is 1.74. The molecule has 0 saturated carbocycles. The van der Waals surface area contributed by atoms with Gasteiger partial charge >= 0.3 is 0 Å². The maximum Gasteiger partial charge on any atom is 0.251 e. The number of ether oxygens (including phenoxy) is 2. The molecule has 1 heterocycles. The number of rotatable bonds is 3. The molecule has 0 unspecified atom stereocenters. The lowest BCUT2D eigenvalue weighted by molar-refractivity contribution is 0.0911. The molecule has 2 rings (SSSR count). The Labute approximate surface area is 114 Å². The third kappa shape index (κ3) is 3.40. The maximum atomic E-state index is 12.2. The summed E-state index contributed by atoms with van der Waals surface area (Å²) in [5.74, 6) is 1.28. The second kappa shape index (κ2) is 5.51. The van der Waals surface area contributed by atoms with Gasteiger partial charge in [-0.05, 0) is 38.5 Å². The number of hydrogen-bond donors (Lipinski definition) is 1. The van der Waals surface area contributed by atoms with Crippen LogP contribution in [0.2, 0.25) is 0 Å². The van der Waals surface area contributed by atoms with E-state index in [4.69, 9.17) is 9.47 Å². The first-order chi connectivity index (χ1) is 9.02. The lowest BCUT2D eigenvalue weighted by Gasteiger charge is -2.24. The van der Waals surface area contributed by atoms with Crippen molar-refractivity contribution in [3.63, 3.8) is 0 Å². The minimum Gasteiger partial charge on any atom is -0.490 e. The molecule has 0 saturated heterocycles. The van der Waals surface area contributed by atoms with Crippen molar-refractivity contribution in [1.82, 2.24) is 5.32 Å². The average Bonchev–Trinajstić information content (AvgIpc) is 2.62. The van der Waals surface area contributed by atoms with E-state index in [1.807, 2.05) is 20.8 Å². The molecule has 4 heteroatoms. The minimum absolute atomic E-state index is 0.0810. The van der Waals surface area contributed by atoms with Crippen LogP contribution in [-0.4, -0.2) is 24.7 Å². The van der Waals surface area contributed by atoms with Crippen LogP contribution in [0.5, 0.6) is 11.5 Å². The molecule has 1 amide bonds. The topological polar surface area (TPSA) is 47.6 Å². The van der Waals surface area contributed by atoms with Crippen molar-refractivity contribution in [3.05, 3.63) is 23.8 Å². The first kappa shape index (κ1) is 13.7. The summed E-state index contributed by atoms with van der Waals surface area (Å²) in [4.78, 5) is 12.2. The predicted molar refractivity (Wildman–Crippen MR) is 73.9 cm³/mol. The van der Waals surface area contributed by atoms with Crippen molar-refractivity contribution in [1.29, 1.82) is 0 Å². The Hall–Kier alpha value is -1.71. The second-order valence-electron chi connectivity index (χ2n) is 5.40. The standard InChI is InChI=1S/C15H21NO3/c1-4-15(2,3)16-14(17)11-6-7-12-13(10-11)19-9-5-8-18-12/h6-7,10H,4-5,8-9H2,1-3H3,(H,16,17). The zero-order valence-electron chi connectivity index (χ0n) is 11.8. The van der Waals surface area contributed by atoms with Gasteiger partial charge < -0.3 is 14.8 Å². The van der Waals surface area contributed by atoms with Crippen LogP contribution in [-0.2, 0) is 0 Å². The zero-order valence-corrected chi connectivity index (χ0v) is 11.8.